The van der Waals surface area contributed by atoms with Gasteiger partial charge in [0.25, 0.3) is 0 Å². The van der Waals surface area contributed by atoms with Crippen LogP contribution < -0.4 is 23.8 Å². The number of alkyl halides is 4. The van der Waals surface area contributed by atoms with Crippen molar-refractivity contribution in [2.24, 2.45) is 0 Å². The Bertz CT molecular complexity index is 1730. The zero-order valence-corrected chi connectivity index (χ0v) is 27.9. The third-order valence-electron chi connectivity index (χ3n) is 7.76. The fourth-order valence-electron chi connectivity index (χ4n) is 5.28. The van der Waals surface area contributed by atoms with Gasteiger partial charge in [-0.05, 0) is 76.6 Å². The van der Waals surface area contributed by atoms with E-state index in [2.05, 4.69) is 23.8 Å². The van der Waals surface area contributed by atoms with E-state index in [1.54, 1.807) is 18.1 Å². The minimum Gasteiger partial charge on any atom is -0.496 e. The van der Waals surface area contributed by atoms with Crippen molar-refractivity contribution < 1.29 is 46.4 Å². The van der Waals surface area contributed by atoms with Gasteiger partial charge in [-0.2, -0.15) is 13.2 Å². The molecule has 262 valence electrons. The van der Waals surface area contributed by atoms with Crippen LogP contribution >= 0.6 is 0 Å². The number of methoxy groups -OCH3 is 3. The van der Waals surface area contributed by atoms with Crippen molar-refractivity contribution in [2.45, 2.75) is 58.5 Å². The van der Waals surface area contributed by atoms with Gasteiger partial charge in [0.05, 0.1) is 45.9 Å². The number of benzene rings is 3. The largest absolute Gasteiger partial charge is 0.496 e. The SMILES string of the molecule is COc1cc(CN(Cc2cc(CF)cc(C(F)(F)F)c2)c2ncc(OCCCC(=O)O)cn2)c(-c2cc(C(C)C)ccc2OC)cc1OC. The first-order chi connectivity index (χ1) is 23.4. The molecule has 0 saturated heterocycles. The van der Waals surface area contributed by atoms with Gasteiger partial charge in [-0.25, -0.2) is 14.4 Å². The van der Waals surface area contributed by atoms with Crippen LogP contribution in [0.1, 0.15) is 60.4 Å². The van der Waals surface area contributed by atoms with Crippen molar-refractivity contribution in [1.82, 2.24) is 9.97 Å². The van der Waals surface area contributed by atoms with E-state index in [-0.39, 0.29) is 61.3 Å². The van der Waals surface area contributed by atoms with Crippen LogP contribution in [0.2, 0.25) is 0 Å². The molecule has 0 bridgehead atoms. The zero-order chi connectivity index (χ0) is 35.7. The maximum Gasteiger partial charge on any atom is 0.416 e. The highest BCUT2D eigenvalue weighted by molar-refractivity contribution is 5.77. The van der Waals surface area contributed by atoms with Crippen molar-refractivity contribution >= 4 is 11.9 Å². The van der Waals surface area contributed by atoms with Crippen molar-refractivity contribution in [3.05, 3.63) is 88.7 Å². The molecule has 0 fully saturated rings. The first-order valence-electron chi connectivity index (χ1n) is 15.5. The monoisotopic (exact) mass is 685 g/mol. The molecule has 1 aromatic heterocycles. The highest BCUT2D eigenvalue weighted by Gasteiger charge is 2.31. The average Bonchev–Trinajstić information content (AvgIpc) is 3.08. The zero-order valence-electron chi connectivity index (χ0n) is 27.9. The number of hydrogen-bond acceptors (Lipinski definition) is 8. The smallest absolute Gasteiger partial charge is 0.416 e. The molecule has 4 aromatic rings. The van der Waals surface area contributed by atoms with Gasteiger partial charge in [-0.3, -0.25) is 4.79 Å². The summed E-state index contributed by atoms with van der Waals surface area (Å²) in [6.07, 6.45) is -1.67. The molecule has 0 unspecified atom stereocenters. The van der Waals surface area contributed by atoms with Gasteiger partial charge in [0.1, 0.15) is 12.4 Å². The number of aromatic nitrogens is 2. The van der Waals surface area contributed by atoms with Gasteiger partial charge in [-0.15, -0.1) is 0 Å². The highest BCUT2D eigenvalue weighted by atomic mass is 19.4. The Balaban J connectivity index is 1.84. The van der Waals surface area contributed by atoms with Gasteiger partial charge < -0.3 is 29.0 Å². The Kier molecular flexibility index (Phi) is 12.3. The Labute approximate surface area is 282 Å². The van der Waals surface area contributed by atoms with Crippen LogP contribution in [-0.2, 0) is 30.7 Å². The van der Waals surface area contributed by atoms with Gasteiger partial charge in [-0.1, -0.05) is 26.0 Å². The predicted molar refractivity (Wildman–Crippen MR) is 176 cm³/mol. The third-order valence-corrected chi connectivity index (χ3v) is 7.76. The minimum absolute atomic E-state index is 0.0664. The van der Waals surface area contributed by atoms with Crippen LogP contribution in [0.3, 0.4) is 0 Å². The molecule has 13 heteroatoms. The first kappa shape index (κ1) is 36.8. The van der Waals surface area contributed by atoms with Crippen LogP contribution in [0.4, 0.5) is 23.5 Å². The lowest BCUT2D eigenvalue weighted by atomic mass is 9.93. The number of carbonyl (C=O) groups is 1. The summed E-state index contributed by atoms with van der Waals surface area (Å²) in [5.74, 6) is 1.17. The number of aliphatic carboxylic acids is 1. The summed E-state index contributed by atoms with van der Waals surface area (Å²) in [6.45, 7) is 3.15. The summed E-state index contributed by atoms with van der Waals surface area (Å²) in [4.78, 5) is 21.4. The second-order valence-electron chi connectivity index (χ2n) is 11.6. The molecule has 9 nitrogen and oxygen atoms in total. The van der Waals surface area contributed by atoms with E-state index >= 15 is 0 Å². The molecule has 0 saturated carbocycles. The van der Waals surface area contributed by atoms with Crippen molar-refractivity contribution in [1.29, 1.82) is 0 Å². The molecule has 0 atom stereocenters. The molecule has 1 heterocycles. The quantitative estimate of drug-likeness (QED) is 0.0923. The summed E-state index contributed by atoms with van der Waals surface area (Å²) in [5, 5.41) is 8.88. The fourth-order valence-corrected chi connectivity index (χ4v) is 5.28. The summed E-state index contributed by atoms with van der Waals surface area (Å²) in [6, 6.07) is 12.6. The molecule has 0 aliphatic heterocycles. The van der Waals surface area contributed by atoms with Crippen LogP contribution in [0.25, 0.3) is 11.1 Å². The molecule has 0 radical (unpaired) electrons. The number of carboxylic acids is 1. The van der Waals surface area contributed by atoms with Gasteiger partial charge in [0.2, 0.25) is 5.95 Å². The van der Waals surface area contributed by atoms with E-state index in [0.29, 0.717) is 28.4 Å². The topological polar surface area (TPSA) is 103 Å². The number of ether oxygens (including phenoxy) is 4. The Morgan fingerprint density at radius 2 is 1.51 bits per heavy atom. The van der Waals surface area contributed by atoms with Gasteiger partial charge >= 0.3 is 12.1 Å². The lowest BCUT2D eigenvalue weighted by Gasteiger charge is -2.26. The van der Waals surface area contributed by atoms with E-state index in [4.69, 9.17) is 24.1 Å². The molecule has 0 aliphatic carbocycles. The number of carboxylic acid groups (broad SMARTS) is 1. The number of nitrogens with zero attached hydrogens (tertiary/aromatic N) is 3. The number of halogens is 4. The maximum atomic E-state index is 13.8. The Morgan fingerprint density at radius 3 is 2.10 bits per heavy atom. The summed E-state index contributed by atoms with van der Waals surface area (Å²) in [5.41, 5.74) is 2.33. The second-order valence-corrected chi connectivity index (χ2v) is 11.6. The highest BCUT2D eigenvalue weighted by Crippen LogP contribution is 2.41. The van der Waals surface area contributed by atoms with Crippen LogP contribution in [-0.4, -0.2) is 49.0 Å². The normalized spacial score (nSPS) is 11.4. The third kappa shape index (κ3) is 9.52. The van der Waals surface area contributed by atoms with E-state index in [1.807, 2.05) is 24.3 Å². The van der Waals surface area contributed by atoms with Crippen LogP contribution in [0, 0.1) is 0 Å². The molecular weight excluding hydrogens is 646 g/mol. The number of rotatable bonds is 16. The summed E-state index contributed by atoms with van der Waals surface area (Å²) < 4.78 is 77.8. The molecule has 1 N–H and O–H groups in total. The molecule has 3 aromatic carbocycles. The number of hydrogen-bond donors (Lipinski definition) is 1. The molecule has 0 spiro atoms. The average molecular weight is 686 g/mol. The number of anilines is 1. The van der Waals surface area contributed by atoms with Gasteiger partial charge in [0.15, 0.2) is 17.2 Å². The molecule has 0 aliphatic rings. The van der Waals surface area contributed by atoms with Crippen molar-refractivity contribution in [3.63, 3.8) is 0 Å². The Morgan fingerprint density at radius 1 is 0.857 bits per heavy atom. The van der Waals surface area contributed by atoms with Crippen LogP contribution in [0.15, 0.2) is 60.9 Å². The Hall–Kier alpha value is -5.07. The molecule has 49 heavy (non-hydrogen) atoms. The molecule has 0 amide bonds. The minimum atomic E-state index is -4.69. The van der Waals surface area contributed by atoms with Crippen molar-refractivity contribution in [2.75, 3.05) is 32.8 Å². The molecule has 4 rings (SSSR count). The lowest BCUT2D eigenvalue weighted by Crippen LogP contribution is -2.25. The predicted octanol–water partition coefficient (Wildman–Crippen LogP) is 8.23. The van der Waals surface area contributed by atoms with E-state index in [9.17, 15) is 22.4 Å². The van der Waals surface area contributed by atoms with Crippen LogP contribution in [0.5, 0.6) is 23.0 Å². The lowest BCUT2D eigenvalue weighted by molar-refractivity contribution is -0.138. The van der Waals surface area contributed by atoms with E-state index < -0.39 is 24.4 Å². The maximum absolute atomic E-state index is 13.8. The van der Waals surface area contributed by atoms with E-state index in [0.717, 1.165) is 23.3 Å². The summed E-state index contributed by atoms with van der Waals surface area (Å²) >= 11 is 0. The molecular formula is C36H39F4N3O6. The standard InChI is InChI=1S/C36H39F4N3O6/c1-22(2)25-8-9-31(46-3)30(14-25)29-16-33(48-5)32(47-4)15-26(29)21-43(20-24-11-23(17-37)12-27(13-24)36(38,39)40)35-41-18-28(19-42-35)49-10-6-7-34(44)45/h8-9,11-16,18-19,22H,6-7,10,17,20-21H2,1-5H3,(H,44,45). The second kappa shape index (κ2) is 16.4. The first-order valence-corrected chi connectivity index (χ1v) is 15.5. The summed E-state index contributed by atoms with van der Waals surface area (Å²) in [7, 11) is 4.58. The van der Waals surface area contributed by atoms with Gasteiger partial charge in [0, 0.05) is 25.1 Å². The van der Waals surface area contributed by atoms with E-state index in [1.165, 1.54) is 32.7 Å². The fraction of sp³-hybridized carbons (Fsp3) is 0.361. The van der Waals surface area contributed by atoms with Crippen molar-refractivity contribution in [3.8, 4) is 34.1 Å².